The van der Waals surface area contributed by atoms with E-state index in [1.807, 2.05) is 18.2 Å². The second-order valence-electron chi connectivity index (χ2n) is 7.46. The molecule has 3 rings (SSSR count). The number of nitrogens with one attached hydrogen (secondary N) is 1. The van der Waals surface area contributed by atoms with E-state index in [1.54, 1.807) is 11.8 Å². The van der Waals surface area contributed by atoms with Gasteiger partial charge in [-0.15, -0.1) is 0 Å². The van der Waals surface area contributed by atoms with Crippen molar-refractivity contribution in [3.63, 3.8) is 0 Å². The third kappa shape index (κ3) is 5.40. The van der Waals surface area contributed by atoms with E-state index in [9.17, 15) is 19.7 Å². The van der Waals surface area contributed by atoms with Crippen LogP contribution in [0.25, 0.3) is 0 Å². The molecule has 2 amide bonds. The molecule has 0 aromatic heterocycles. The van der Waals surface area contributed by atoms with Crippen molar-refractivity contribution >= 4 is 17.5 Å². The van der Waals surface area contributed by atoms with E-state index in [2.05, 4.69) is 17.4 Å². The van der Waals surface area contributed by atoms with Gasteiger partial charge in [-0.05, 0) is 43.7 Å². The molecule has 1 heterocycles. The highest BCUT2D eigenvalue weighted by atomic mass is 16.6. The number of benzene rings is 2. The molecule has 2 aromatic carbocycles. The Morgan fingerprint density at radius 3 is 2.48 bits per heavy atom. The predicted molar refractivity (Wildman–Crippen MR) is 109 cm³/mol. The average Bonchev–Trinajstić information content (AvgIpc) is 2.74. The minimum absolute atomic E-state index is 0.123. The van der Waals surface area contributed by atoms with Crippen LogP contribution in [-0.4, -0.2) is 40.8 Å². The van der Waals surface area contributed by atoms with E-state index in [0.717, 1.165) is 19.3 Å². The van der Waals surface area contributed by atoms with Gasteiger partial charge in [-0.25, -0.2) is 0 Å². The molecule has 2 aromatic rings. The molecular weight excluding hydrogens is 370 g/mol. The van der Waals surface area contributed by atoms with Crippen molar-refractivity contribution in [3.8, 4) is 0 Å². The quantitative estimate of drug-likeness (QED) is 0.600. The molecule has 1 aliphatic heterocycles. The second-order valence-corrected chi connectivity index (χ2v) is 7.46. The van der Waals surface area contributed by atoms with Gasteiger partial charge in [0.05, 0.1) is 4.92 Å². The number of piperidine rings is 1. The molecule has 7 nitrogen and oxygen atoms in total. The van der Waals surface area contributed by atoms with Gasteiger partial charge in [-0.2, -0.15) is 0 Å². The highest BCUT2D eigenvalue weighted by molar-refractivity contribution is 5.97. The molecule has 0 saturated carbocycles. The first-order valence-corrected chi connectivity index (χ1v) is 9.82. The zero-order chi connectivity index (χ0) is 20.8. The van der Waals surface area contributed by atoms with Crippen LogP contribution < -0.4 is 5.32 Å². The first-order valence-electron chi connectivity index (χ1n) is 9.82. The van der Waals surface area contributed by atoms with E-state index >= 15 is 0 Å². The van der Waals surface area contributed by atoms with E-state index < -0.39 is 16.9 Å². The molecule has 7 heteroatoms. The van der Waals surface area contributed by atoms with Crippen LogP contribution >= 0.6 is 0 Å². The topological polar surface area (TPSA) is 92.5 Å². The Bertz CT molecular complexity index is 877. The summed E-state index contributed by atoms with van der Waals surface area (Å²) in [7, 11) is 0. The highest BCUT2D eigenvalue weighted by Gasteiger charge is 2.27. The molecule has 0 radical (unpaired) electrons. The van der Waals surface area contributed by atoms with Crippen LogP contribution in [0.5, 0.6) is 0 Å². The van der Waals surface area contributed by atoms with Crippen LogP contribution in [0, 0.1) is 16.0 Å². The molecule has 1 atom stereocenters. The summed E-state index contributed by atoms with van der Waals surface area (Å²) in [4.78, 5) is 37.2. The zero-order valence-corrected chi connectivity index (χ0v) is 16.4. The van der Waals surface area contributed by atoms with Gasteiger partial charge in [0.25, 0.3) is 11.6 Å². The minimum atomic E-state index is -0.688. The lowest BCUT2D eigenvalue weighted by molar-refractivity contribution is -0.384. The van der Waals surface area contributed by atoms with Gasteiger partial charge in [0.15, 0.2) is 0 Å². The number of hydrogen-bond acceptors (Lipinski definition) is 4. The maximum atomic E-state index is 12.7. The summed E-state index contributed by atoms with van der Waals surface area (Å²) < 4.78 is 0. The molecule has 0 spiro atoms. The fraction of sp³-hybridized carbons (Fsp3) is 0.364. The Hall–Kier alpha value is -3.22. The van der Waals surface area contributed by atoms with Crippen LogP contribution in [0.4, 0.5) is 5.69 Å². The van der Waals surface area contributed by atoms with Gasteiger partial charge in [-0.1, -0.05) is 36.4 Å². The molecule has 1 saturated heterocycles. The number of nitro groups is 1. The lowest BCUT2D eigenvalue weighted by Gasteiger charge is -2.33. The molecule has 0 bridgehead atoms. The normalized spacial score (nSPS) is 15.6. The molecule has 0 aliphatic carbocycles. The average molecular weight is 395 g/mol. The lowest BCUT2D eigenvalue weighted by atomic mass is 9.90. The number of carbonyl (C=O) groups excluding carboxylic acids is 2. The molecule has 29 heavy (non-hydrogen) atoms. The molecule has 1 N–H and O–H groups in total. The van der Waals surface area contributed by atoms with Gasteiger partial charge < -0.3 is 10.2 Å². The van der Waals surface area contributed by atoms with Crippen molar-refractivity contribution in [2.24, 2.45) is 5.92 Å². The van der Waals surface area contributed by atoms with Crippen LogP contribution in [0.15, 0.2) is 54.6 Å². The number of nitrogens with zero attached hydrogens (tertiary/aromatic N) is 2. The summed E-state index contributed by atoms with van der Waals surface area (Å²) in [5.74, 6) is -0.0633. The molecule has 152 valence electrons. The third-order valence-corrected chi connectivity index (χ3v) is 5.33. The SMILES string of the molecule is CC(NC(=O)c1cccc([N+](=O)[O-])c1)C(=O)N1CCC(Cc2ccccc2)CC1. The minimum Gasteiger partial charge on any atom is -0.341 e. The fourth-order valence-corrected chi connectivity index (χ4v) is 3.68. The van der Waals surface area contributed by atoms with Crippen molar-refractivity contribution in [3.05, 3.63) is 75.8 Å². The summed E-state index contributed by atoms with van der Waals surface area (Å²) in [5, 5.41) is 13.5. The van der Waals surface area contributed by atoms with E-state index in [-0.39, 0.29) is 17.2 Å². The Morgan fingerprint density at radius 2 is 1.83 bits per heavy atom. The fourth-order valence-electron chi connectivity index (χ4n) is 3.68. The number of non-ortho nitro benzene ring substituents is 1. The van der Waals surface area contributed by atoms with Gasteiger partial charge in [0.2, 0.25) is 5.91 Å². The highest BCUT2D eigenvalue weighted by Crippen LogP contribution is 2.22. The predicted octanol–water partition coefficient (Wildman–Crippen LogP) is 3.19. The Morgan fingerprint density at radius 1 is 1.14 bits per heavy atom. The van der Waals surface area contributed by atoms with E-state index in [0.29, 0.717) is 19.0 Å². The summed E-state index contributed by atoms with van der Waals surface area (Å²) in [6.07, 6.45) is 2.89. The van der Waals surface area contributed by atoms with Crippen LogP contribution in [0.2, 0.25) is 0 Å². The first-order chi connectivity index (χ1) is 13.9. The first kappa shape index (κ1) is 20.5. The maximum Gasteiger partial charge on any atom is 0.270 e. The molecule has 1 fully saturated rings. The number of nitro benzene ring substituents is 1. The van der Waals surface area contributed by atoms with Crippen LogP contribution in [0.3, 0.4) is 0 Å². The molecular formula is C22H25N3O4. The Labute approximate surface area is 169 Å². The number of likely N-dealkylation sites (tertiary alicyclic amines) is 1. The smallest absolute Gasteiger partial charge is 0.270 e. The van der Waals surface area contributed by atoms with E-state index in [1.165, 1.54) is 29.8 Å². The summed E-state index contributed by atoms with van der Waals surface area (Å²) >= 11 is 0. The Kier molecular flexibility index (Phi) is 6.59. The molecule has 1 unspecified atom stereocenters. The summed E-state index contributed by atoms with van der Waals surface area (Å²) in [5.41, 5.74) is 1.33. The maximum absolute atomic E-state index is 12.7. The largest absolute Gasteiger partial charge is 0.341 e. The monoisotopic (exact) mass is 395 g/mol. The third-order valence-electron chi connectivity index (χ3n) is 5.33. The van der Waals surface area contributed by atoms with Crippen molar-refractivity contribution in [1.29, 1.82) is 0 Å². The number of hydrogen-bond donors (Lipinski definition) is 1. The van der Waals surface area contributed by atoms with Crippen LogP contribution in [0.1, 0.15) is 35.7 Å². The van der Waals surface area contributed by atoms with Crippen molar-refractivity contribution in [2.75, 3.05) is 13.1 Å². The summed E-state index contributed by atoms with van der Waals surface area (Å²) in [6, 6.07) is 15.1. The van der Waals surface area contributed by atoms with Gasteiger partial charge >= 0.3 is 0 Å². The standard InChI is InChI=1S/C22H25N3O4/c1-16(23-21(26)19-8-5-9-20(15-19)25(28)29)22(27)24-12-10-18(11-13-24)14-17-6-3-2-4-7-17/h2-9,15-16,18H,10-14H2,1H3,(H,23,26). The number of amides is 2. The Balaban J connectivity index is 1.51. The number of carbonyl (C=O) groups is 2. The van der Waals surface area contributed by atoms with Gasteiger partial charge in [-0.3, -0.25) is 19.7 Å². The summed E-state index contributed by atoms with van der Waals surface area (Å²) in [6.45, 7) is 2.99. The second kappa shape index (κ2) is 9.32. The lowest BCUT2D eigenvalue weighted by Crippen LogP contribution is -2.49. The van der Waals surface area contributed by atoms with Crippen molar-refractivity contribution in [2.45, 2.75) is 32.2 Å². The van der Waals surface area contributed by atoms with Crippen molar-refractivity contribution in [1.82, 2.24) is 10.2 Å². The number of rotatable bonds is 6. The van der Waals surface area contributed by atoms with Gasteiger partial charge in [0, 0.05) is 30.8 Å². The van der Waals surface area contributed by atoms with Crippen LogP contribution in [-0.2, 0) is 11.2 Å². The van der Waals surface area contributed by atoms with Gasteiger partial charge in [0.1, 0.15) is 6.04 Å². The zero-order valence-electron chi connectivity index (χ0n) is 16.4. The van der Waals surface area contributed by atoms with Crippen molar-refractivity contribution < 1.29 is 14.5 Å². The molecule has 1 aliphatic rings. The van der Waals surface area contributed by atoms with E-state index in [4.69, 9.17) is 0 Å².